The van der Waals surface area contributed by atoms with Crippen molar-refractivity contribution >= 4 is 35.5 Å². The second kappa shape index (κ2) is 14.9. The molecule has 0 aromatic carbocycles. The SMILES string of the molecule is C=CC1=C(C)C(=CC2=NC(Cc3[nH]c(C=C4NC(=O)C(C)=C4C=C)c(C)c3CCC(=O)O)C(CCC(=O)O)=C2C)NC1=O.O=NO. The Balaban J connectivity index is 0.00000185. The van der Waals surface area contributed by atoms with Crippen LogP contribution in [0.5, 0.6) is 0 Å². The fraction of sp³-hybridized carbons (Fsp3) is 0.303. The zero-order valence-corrected chi connectivity index (χ0v) is 26.1. The lowest BCUT2D eigenvalue weighted by atomic mass is 9.93. The maximum atomic E-state index is 12.3. The van der Waals surface area contributed by atoms with Gasteiger partial charge in [-0.1, -0.05) is 25.3 Å². The van der Waals surface area contributed by atoms with Crippen molar-refractivity contribution in [3.05, 3.63) is 104 Å². The normalized spacial score (nSPS) is 19.3. The van der Waals surface area contributed by atoms with Crippen LogP contribution >= 0.6 is 0 Å². The number of H-pyrrole nitrogens is 1. The van der Waals surface area contributed by atoms with Crippen molar-refractivity contribution in [1.82, 2.24) is 15.6 Å². The standard InChI is InChI=1S/C33H36N4O6.HNO2/c1-7-20-19(6)32(42)37-27(20)14-25-18(5)23(10-12-31(40)41)29(35-25)15-28-22(9-11-30(38)39)17(4)24(34-28)13-26-16(3)21(8-2)33(43)36-26;2-1-3/h7-8,13-14,28,35H,1-2,9-12,15H2,3-6H3,(H,36,43)(H,37,42)(H,38,39)(H,40,41);(H,2,3). The first-order valence-electron chi connectivity index (χ1n) is 14.4. The molecule has 13 heteroatoms. The van der Waals surface area contributed by atoms with Crippen LogP contribution in [0.3, 0.4) is 0 Å². The van der Waals surface area contributed by atoms with Gasteiger partial charge in [0.15, 0.2) is 5.34 Å². The molecule has 1 unspecified atom stereocenters. The van der Waals surface area contributed by atoms with E-state index in [0.717, 1.165) is 39.2 Å². The Bertz CT molecular complexity index is 1710. The molecule has 13 nitrogen and oxygen atoms in total. The van der Waals surface area contributed by atoms with Gasteiger partial charge in [0.2, 0.25) is 0 Å². The van der Waals surface area contributed by atoms with E-state index in [2.05, 4.69) is 28.8 Å². The summed E-state index contributed by atoms with van der Waals surface area (Å²) in [6.07, 6.45) is 7.58. The summed E-state index contributed by atoms with van der Waals surface area (Å²) in [6, 6.07) is -0.398. The van der Waals surface area contributed by atoms with E-state index in [4.69, 9.17) is 15.1 Å². The van der Waals surface area contributed by atoms with E-state index in [1.807, 2.05) is 26.8 Å². The number of hydrogen-bond donors (Lipinski definition) is 6. The largest absolute Gasteiger partial charge is 0.481 e. The number of carbonyl (C=O) groups is 4. The van der Waals surface area contributed by atoms with Gasteiger partial charge >= 0.3 is 11.9 Å². The highest BCUT2D eigenvalue weighted by Crippen LogP contribution is 2.33. The van der Waals surface area contributed by atoms with Crippen LogP contribution in [0.25, 0.3) is 6.08 Å². The molecule has 1 aromatic heterocycles. The van der Waals surface area contributed by atoms with E-state index in [-0.39, 0.29) is 31.1 Å². The molecule has 4 heterocycles. The number of aliphatic carboxylic acids is 2. The molecule has 1 atom stereocenters. The Morgan fingerprint density at radius 1 is 0.870 bits per heavy atom. The fourth-order valence-corrected chi connectivity index (χ4v) is 5.72. The third kappa shape index (κ3) is 7.54. The van der Waals surface area contributed by atoms with Crippen molar-refractivity contribution in [2.45, 2.75) is 65.8 Å². The predicted molar refractivity (Wildman–Crippen MR) is 172 cm³/mol. The van der Waals surface area contributed by atoms with E-state index in [1.165, 1.54) is 11.4 Å². The number of hydrogen-bond acceptors (Lipinski definition) is 7. The molecule has 3 aliphatic heterocycles. The number of carboxylic acids is 2. The van der Waals surface area contributed by atoms with Crippen LogP contribution in [0.4, 0.5) is 0 Å². The number of aromatic amines is 1. The van der Waals surface area contributed by atoms with Crippen LogP contribution in [-0.4, -0.2) is 55.9 Å². The van der Waals surface area contributed by atoms with E-state index < -0.39 is 18.0 Å². The van der Waals surface area contributed by atoms with E-state index in [9.17, 15) is 29.4 Å². The number of carboxylic acid groups (broad SMARTS) is 2. The van der Waals surface area contributed by atoms with Crippen LogP contribution in [-0.2, 0) is 32.0 Å². The van der Waals surface area contributed by atoms with Gasteiger partial charge < -0.3 is 31.0 Å². The van der Waals surface area contributed by atoms with Crippen molar-refractivity contribution in [3.8, 4) is 0 Å². The van der Waals surface area contributed by atoms with Gasteiger partial charge in [-0.05, 0) is 80.5 Å². The monoisotopic (exact) mass is 631 g/mol. The van der Waals surface area contributed by atoms with Crippen molar-refractivity contribution < 1.29 is 34.6 Å². The maximum Gasteiger partial charge on any atom is 0.303 e. The molecule has 0 spiro atoms. The first-order valence-corrected chi connectivity index (χ1v) is 14.4. The Hall–Kier alpha value is -5.59. The maximum absolute atomic E-state index is 12.3. The van der Waals surface area contributed by atoms with Gasteiger partial charge in [0, 0.05) is 53.1 Å². The molecule has 0 saturated heterocycles. The molecule has 6 N–H and O–H groups in total. The molecule has 2 amide bonds. The third-order valence-electron chi connectivity index (χ3n) is 8.23. The average molecular weight is 632 g/mol. The highest BCUT2D eigenvalue weighted by Gasteiger charge is 2.30. The van der Waals surface area contributed by atoms with Gasteiger partial charge in [0.1, 0.15) is 0 Å². The summed E-state index contributed by atoms with van der Waals surface area (Å²) in [7, 11) is 0. The summed E-state index contributed by atoms with van der Waals surface area (Å²) in [5.41, 5.74) is 9.29. The van der Waals surface area contributed by atoms with Gasteiger partial charge in [-0.2, -0.15) is 0 Å². The minimum Gasteiger partial charge on any atom is -0.481 e. The highest BCUT2D eigenvalue weighted by molar-refractivity contribution is 6.13. The topological polar surface area (TPSA) is 211 Å². The molecule has 46 heavy (non-hydrogen) atoms. The second-order valence-electron chi connectivity index (χ2n) is 10.9. The summed E-state index contributed by atoms with van der Waals surface area (Å²) in [5.74, 6) is -2.29. The van der Waals surface area contributed by atoms with Crippen LogP contribution in [0.1, 0.15) is 62.5 Å². The van der Waals surface area contributed by atoms with Gasteiger partial charge in [-0.3, -0.25) is 24.2 Å². The van der Waals surface area contributed by atoms with E-state index >= 15 is 0 Å². The zero-order valence-electron chi connectivity index (χ0n) is 26.1. The first-order chi connectivity index (χ1) is 21.8. The van der Waals surface area contributed by atoms with Gasteiger partial charge in [0.25, 0.3) is 11.8 Å². The Labute approximate surface area is 265 Å². The highest BCUT2D eigenvalue weighted by atomic mass is 16.6. The molecule has 0 fully saturated rings. The van der Waals surface area contributed by atoms with Gasteiger partial charge in [0.05, 0.1) is 17.5 Å². The van der Waals surface area contributed by atoms with Crippen LogP contribution in [0.15, 0.2) is 86.6 Å². The van der Waals surface area contributed by atoms with Gasteiger partial charge in [-0.15, -0.1) is 4.91 Å². The number of aromatic nitrogens is 1. The number of nitrogens with one attached hydrogen (secondary N) is 3. The minimum atomic E-state index is -0.923. The van der Waals surface area contributed by atoms with Crippen molar-refractivity contribution in [1.29, 1.82) is 0 Å². The van der Waals surface area contributed by atoms with Gasteiger partial charge in [-0.25, -0.2) is 0 Å². The Morgan fingerprint density at radius 2 is 1.46 bits per heavy atom. The third-order valence-corrected chi connectivity index (χ3v) is 8.23. The summed E-state index contributed by atoms with van der Waals surface area (Å²) in [6.45, 7) is 14.9. The molecule has 3 aliphatic rings. The van der Waals surface area contributed by atoms with Crippen LogP contribution in [0.2, 0.25) is 0 Å². The molecule has 0 radical (unpaired) electrons. The summed E-state index contributed by atoms with van der Waals surface area (Å²) < 4.78 is 0. The molecular weight excluding hydrogens is 594 g/mol. The molecular formula is C33H37N5O8. The molecule has 1 aromatic rings. The fourth-order valence-electron chi connectivity index (χ4n) is 5.72. The number of nitrogens with zero attached hydrogens (tertiary/aromatic N) is 2. The number of amides is 2. The average Bonchev–Trinajstić information content (AvgIpc) is 3.63. The van der Waals surface area contributed by atoms with Crippen LogP contribution in [0, 0.1) is 11.8 Å². The Morgan fingerprint density at radius 3 is 2.02 bits per heavy atom. The molecule has 0 aliphatic carbocycles. The lowest BCUT2D eigenvalue weighted by Crippen LogP contribution is -2.16. The lowest BCUT2D eigenvalue weighted by Gasteiger charge is -2.14. The quantitative estimate of drug-likeness (QED) is 0.142. The second-order valence-corrected chi connectivity index (χ2v) is 10.9. The van der Waals surface area contributed by atoms with Crippen molar-refractivity contribution in [2.75, 3.05) is 0 Å². The number of allylic oxidation sites excluding steroid dienone is 4. The number of rotatable bonds is 12. The van der Waals surface area contributed by atoms with Crippen molar-refractivity contribution in [3.63, 3.8) is 0 Å². The zero-order chi connectivity index (χ0) is 34.3. The van der Waals surface area contributed by atoms with E-state index in [0.29, 0.717) is 46.7 Å². The molecule has 0 bridgehead atoms. The summed E-state index contributed by atoms with van der Waals surface area (Å²) in [4.78, 5) is 64.1. The molecule has 0 saturated carbocycles. The van der Waals surface area contributed by atoms with E-state index in [1.54, 1.807) is 19.1 Å². The smallest absolute Gasteiger partial charge is 0.303 e. The minimum absolute atomic E-state index is 0.0679. The first kappa shape index (κ1) is 34.9. The summed E-state index contributed by atoms with van der Waals surface area (Å²) >= 11 is 0. The van der Waals surface area contributed by atoms with Crippen molar-refractivity contribution in [2.24, 2.45) is 10.3 Å². The number of carbonyl (C=O) groups excluding carboxylic acids is 2. The molecule has 242 valence electrons. The Kier molecular flexibility index (Phi) is 11.3. The number of aliphatic imine (C=N–C) groups is 1. The summed E-state index contributed by atoms with van der Waals surface area (Å²) in [5, 5.41) is 32.5. The predicted octanol–water partition coefficient (Wildman–Crippen LogP) is 4.52. The molecule has 4 rings (SSSR count). The van der Waals surface area contributed by atoms with Crippen LogP contribution < -0.4 is 10.6 Å². The lowest BCUT2D eigenvalue weighted by molar-refractivity contribution is -0.138.